The summed E-state index contributed by atoms with van der Waals surface area (Å²) in [4.78, 5) is 14.9. The Morgan fingerprint density at radius 1 is 1.08 bits per heavy atom. The zero-order valence-electron chi connectivity index (χ0n) is 15.7. The van der Waals surface area contributed by atoms with Gasteiger partial charge in [0.15, 0.2) is 0 Å². The molecule has 1 aliphatic carbocycles. The van der Waals surface area contributed by atoms with Crippen molar-refractivity contribution in [2.75, 3.05) is 13.1 Å². The van der Waals surface area contributed by atoms with Crippen LogP contribution in [-0.4, -0.2) is 36.1 Å². The summed E-state index contributed by atoms with van der Waals surface area (Å²) < 4.78 is 5.83. The molecule has 0 spiro atoms. The second-order valence-corrected chi connectivity index (χ2v) is 7.77. The summed E-state index contributed by atoms with van der Waals surface area (Å²) in [6, 6.07) is 8.49. The molecule has 2 aliphatic rings. The Bertz CT molecular complexity index is 559. The van der Waals surface area contributed by atoms with E-state index in [-0.39, 0.29) is 24.0 Å². The van der Waals surface area contributed by atoms with Crippen LogP contribution in [-0.2, 0) is 22.6 Å². The maximum atomic E-state index is 12.4. The summed E-state index contributed by atoms with van der Waals surface area (Å²) in [6.07, 6.45) is 6.34. The highest BCUT2D eigenvalue weighted by atomic mass is 16.5. The number of nitrogens with one attached hydrogen (secondary N) is 1. The molecule has 3 rings (SSSR count). The standard InChI is InChI=1S/C21H32N2O2/c1-16-13-23(14-17(2)25-16)15-20-11-7-6-10-19(20)12-22-21(24)18-8-4-3-5-9-18/h6-7,10-11,16-18H,3-5,8-9,12-15H2,1-2H3,(H,22,24)/t16-,17-/m1/s1. The van der Waals surface area contributed by atoms with E-state index in [0.29, 0.717) is 6.54 Å². The van der Waals surface area contributed by atoms with Crippen molar-refractivity contribution >= 4 is 5.91 Å². The number of hydrogen-bond acceptors (Lipinski definition) is 3. The first kappa shape index (κ1) is 18.4. The molecule has 25 heavy (non-hydrogen) atoms. The highest BCUT2D eigenvalue weighted by Gasteiger charge is 2.23. The molecule has 1 N–H and O–H groups in total. The molecular weight excluding hydrogens is 312 g/mol. The minimum absolute atomic E-state index is 0.224. The number of nitrogens with zero attached hydrogens (tertiary/aromatic N) is 1. The number of morpholine rings is 1. The van der Waals surface area contributed by atoms with Crippen LogP contribution in [0.5, 0.6) is 0 Å². The number of benzene rings is 1. The van der Waals surface area contributed by atoms with Gasteiger partial charge in [0.05, 0.1) is 12.2 Å². The minimum atomic E-state index is 0.224. The predicted octanol–water partition coefficient (Wildman–Crippen LogP) is 3.49. The smallest absolute Gasteiger partial charge is 0.223 e. The fraction of sp³-hybridized carbons (Fsp3) is 0.667. The van der Waals surface area contributed by atoms with Gasteiger partial charge in [0, 0.05) is 32.1 Å². The van der Waals surface area contributed by atoms with E-state index < -0.39 is 0 Å². The summed E-state index contributed by atoms with van der Waals surface area (Å²) in [7, 11) is 0. The van der Waals surface area contributed by atoms with E-state index in [1.165, 1.54) is 30.4 Å². The van der Waals surface area contributed by atoms with Crippen molar-refractivity contribution in [2.45, 2.75) is 71.2 Å². The van der Waals surface area contributed by atoms with Crippen molar-refractivity contribution in [1.29, 1.82) is 0 Å². The van der Waals surface area contributed by atoms with E-state index in [1.807, 2.05) is 0 Å². The number of carbonyl (C=O) groups is 1. The van der Waals surface area contributed by atoms with Crippen LogP contribution in [0.3, 0.4) is 0 Å². The quantitative estimate of drug-likeness (QED) is 0.889. The third-order valence-corrected chi connectivity index (χ3v) is 5.44. The summed E-state index contributed by atoms with van der Waals surface area (Å²) in [6.45, 7) is 7.77. The Hall–Kier alpha value is -1.39. The van der Waals surface area contributed by atoms with Crippen molar-refractivity contribution in [3.8, 4) is 0 Å². The molecule has 1 aromatic carbocycles. The van der Waals surface area contributed by atoms with Gasteiger partial charge in [0.2, 0.25) is 5.91 Å². The molecule has 4 heteroatoms. The first-order chi connectivity index (χ1) is 12.1. The maximum absolute atomic E-state index is 12.4. The largest absolute Gasteiger partial charge is 0.373 e. The van der Waals surface area contributed by atoms with Gasteiger partial charge in [-0.2, -0.15) is 0 Å². The molecule has 1 aromatic rings. The molecule has 1 saturated heterocycles. The summed E-state index contributed by atoms with van der Waals surface area (Å²) in [5, 5.41) is 3.18. The van der Waals surface area contributed by atoms with E-state index in [2.05, 4.69) is 48.3 Å². The molecule has 0 bridgehead atoms. The number of rotatable bonds is 5. The average molecular weight is 344 g/mol. The van der Waals surface area contributed by atoms with Crippen LogP contribution in [0.25, 0.3) is 0 Å². The van der Waals surface area contributed by atoms with Crippen LogP contribution in [0.2, 0.25) is 0 Å². The lowest BCUT2D eigenvalue weighted by Crippen LogP contribution is -2.45. The van der Waals surface area contributed by atoms with Crippen molar-refractivity contribution in [2.24, 2.45) is 5.92 Å². The summed E-state index contributed by atoms with van der Waals surface area (Å²) in [5.41, 5.74) is 2.55. The molecule has 1 amide bonds. The normalized spacial score (nSPS) is 25.7. The first-order valence-corrected chi connectivity index (χ1v) is 9.84. The van der Waals surface area contributed by atoms with Gasteiger partial charge in [-0.15, -0.1) is 0 Å². The molecular formula is C21H32N2O2. The maximum Gasteiger partial charge on any atom is 0.223 e. The Morgan fingerprint density at radius 3 is 2.40 bits per heavy atom. The summed E-state index contributed by atoms with van der Waals surface area (Å²) >= 11 is 0. The molecule has 2 fully saturated rings. The van der Waals surface area contributed by atoms with Crippen LogP contribution >= 0.6 is 0 Å². The molecule has 138 valence electrons. The average Bonchev–Trinajstić information content (AvgIpc) is 2.60. The third kappa shape index (κ3) is 5.29. The zero-order valence-corrected chi connectivity index (χ0v) is 15.7. The number of carbonyl (C=O) groups excluding carboxylic acids is 1. The molecule has 1 saturated carbocycles. The van der Waals surface area contributed by atoms with E-state index in [4.69, 9.17) is 4.74 Å². The molecule has 2 atom stereocenters. The Morgan fingerprint density at radius 2 is 1.72 bits per heavy atom. The van der Waals surface area contributed by atoms with E-state index >= 15 is 0 Å². The van der Waals surface area contributed by atoms with Crippen LogP contribution in [0.15, 0.2) is 24.3 Å². The van der Waals surface area contributed by atoms with Gasteiger partial charge in [-0.25, -0.2) is 0 Å². The SMILES string of the molecule is C[C@@H]1CN(Cc2ccccc2CNC(=O)C2CCCCC2)C[C@@H](C)O1. The van der Waals surface area contributed by atoms with Crippen LogP contribution in [0, 0.1) is 5.92 Å². The van der Waals surface area contributed by atoms with Gasteiger partial charge >= 0.3 is 0 Å². The molecule has 0 radical (unpaired) electrons. The van der Waals surface area contributed by atoms with E-state index in [1.54, 1.807) is 0 Å². The summed E-state index contributed by atoms with van der Waals surface area (Å²) in [5.74, 6) is 0.463. The Labute approximate surface area is 151 Å². The number of ether oxygens (including phenoxy) is 1. The highest BCUT2D eigenvalue weighted by Crippen LogP contribution is 2.24. The minimum Gasteiger partial charge on any atom is -0.373 e. The van der Waals surface area contributed by atoms with E-state index in [0.717, 1.165) is 32.5 Å². The van der Waals surface area contributed by atoms with Crippen LogP contribution in [0.1, 0.15) is 57.1 Å². The van der Waals surface area contributed by atoms with Gasteiger partial charge in [0.1, 0.15) is 0 Å². The van der Waals surface area contributed by atoms with Gasteiger partial charge < -0.3 is 10.1 Å². The van der Waals surface area contributed by atoms with Crippen molar-refractivity contribution in [3.05, 3.63) is 35.4 Å². The predicted molar refractivity (Wildman–Crippen MR) is 100 cm³/mol. The van der Waals surface area contributed by atoms with Gasteiger partial charge in [-0.1, -0.05) is 43.5 Å². The lowest BCUT2D eigenvalue weighted by molar-refractivity contribution is -0.126. The topological polar surface area (TPSA) is 41.6 Å². The third-order valence-electron chi connectivity index (χ3n) is 5.44. The lowest BCUT2D eigenvalue weighted by atomic mass is 9.88. The second-order valence-electron chi connectivity index (χ2n) is 7.77. The molecule has 4 nitrogen and oxygen atoms in total. The van der Waals surface area contributed by atoms with Crippen LogP contribution < -0.4 is 5.32 Å². The fourth-order valence-electron chi connectivity index (χ4n) is 4.23. The van der Waals surface area contributed by atoms with Crippen molar-refractivity contribution < 1.29 is 9.53 Å². The van der Waals surface area contributed by atoms with Gasteiger partial charge in [0.25, 0.3) is 0 Å². The number of amides is 1. The number of hydrogen-bond donors (Lipinski definition) is 1. The Kier molecular flexibility index (Phi) is 6.49. The monoisotopic (exact) mass is 344 g/mol. The second kappa shape index (κ2) is 8.81. The fourth-order valence-corrected chi connectivity index (χ4v) is 4.23. The van der Waals surface area contributed by atoms with Gasteiger partial charge in [-0.3, -0.25) is 9.69 Å². The first-order valence-electron chi connectivity index (χ1n) is 9.84. The molecule has 0 aromatic heterocycles. The molecule has 0 unspecified atom stereocenters. The van der Waals surface area contributed by atoms with Crippen molar-refractivity contribution in [1.82, 2.24) is 10.2 Å². The highest BCUT2D eigenvalue weighted by molar-refractivity contribution is 5.78. The van der Waals surface area contributed by atoms with Crippen LogP contribution in [0.4, 0.5) is 0 Å². The van der Waals surface area contributed by atoms with Crippen molar-refractivity contribution in [3.63, 3.8) is 0 Å². The zero-order chi connectivity index (χ0) is 17.6. The van der Waals surface area contributed by atoms with E-state index in [9.17, 15) is 4.79 Å². The molecule has 1 heterocycles. The molecule has 1 aliphatic heterocycles. The lowest BCUT2D eigenvalue weighted by Gasteiger charge is -2.35. The van der Waals surface area contributed by atoms with Gasteiger partial charge in [-0.05, 0) is 37.8 Å². The Balaban J connectivity index is 1.57.